The molecule has 0 saturated carbocycles. The van der Waals surface area contributed by atoms with E-state index in [1.54, 1.807) is 11.9 Å². The number of amides is 1. The third kappa shape index (κ3) is 3.66. The van der Waals surface area contributed by atoms with Crippen molar-refractivity contribution in [2.45, 2.75) is 37.8 Å². The van der Waals surface area contributed by atoms with Crippen molar-refractivity contribution in [1.29, 1.82) is 0 Å². The molecule has 1 amide bonds. The van der Waals surface area contributed by atoms with E-state index in [0.717, 1.165) is 30.5 Å². The molecular weight excluding hydrogens is 352 g/mol. The largest absolute Gasteiger partial charge is 0.327 e. The van der Waals surface area contributed by atoms with Crippen LogP contribution in [0.1, 0.15) is 25.3 Å². The van der Waals surface area contributed by atoms with Crippen LogP contribution in [0.25, 0.3) is 0 Å². The van der Waals surface area contributed by atoms with Crippen molar-refractivity contribution in [1.82, 2.24) is 13.9 Å². The maximum Gasteiger partial charge on any atom is 0.262 e. The van der Waals surface area contributed by atoms with E-state index in [4.69, 9.17) is 0 Å². The molecule has 0 aliphatic carbocycles. The molecule has 0 atom stereocenters. The number of sulfonamides is 1. The molecule has 140 valence electrons. The predicted octanol–water partition coefficient (Wildman–Crippen LogP) is 1.89. The first kappa shape index (κ1) is 18.6. The van der Waals surface area contributed by atoms with Crippen molar-refractivity contribution in [2.75, 3.05) is 25.0 Å². The standard InChI is InChI=1S/C18H24N4O3S/c1-3-15-8-4-5-9-16(15)20(2)18(23)13-21-12-17(19-14-21)26(24,25)22-10-6-7-11-22/h4-5,8-9,12,14H,3,6-7,10-11,13H2,1-2H3. The molecule has 0 spiro atoms. The highest BCUT2D eigenvalue weighted by molar-refractivity contribution is 7.89. The quantitative estimate of drug-likeness (QED) is 0.772. The molecule has 0 radical (unpaired) electrons. The smallest absolute Gasteiger partial charge is 0.262 e. The van der Waals surface area contributed by atoms with Crippen LogP contribution in [-0.2, 0) is 27.8 Å². The van der Waals surface area contributed by atoms with E-state index in [0.29, 0.717) is 13.1 Å². The number of imidazole rings is 1. The van der Waals surface area contributed by atoms with Crippen molar-refractivity contribution in [3.8, 4) is 0 Å². The van der Waals surface area contributed by atoms with E-state index in [-0.39, 0.29) is 17.5 Å². The van der Waals surface area contributed by atoms with Gasteiger partial charge in [0.15, 0.2) is 5.03 Å². The zero-order chi connectivity index (χ0) is 18.7. The number of carbonyl (C=O) groups excluding carboxylic acids is 1. The van der Waals surface area contributed by atoms with Crippen LogP contribution >= 0.6 is 0 Å². The van der Waals surface area contributed by atoms with Crippen LogP contribution in [-0.4, -0.2) is 48.3 Å². The fourth-order valence-electron chi connectivity index (χ4n) is 3.15. The summed E-state index contributed by atoms with van der Waals surface area (Å²) in [6, 6.07) is 7.76. The Kier molecular flexibility index (Phi) is 5.43. The third-order valence-corrected chi connectivity index (χ3v) is 6.49. The van der Waals surface area contributed by atoms with Gasteiger partial charge in [-0.05, 0) is 30.9 Å². The lowest BCUT2D eigenvalue weighted by molar-refractivity contribution is -0.118. The lowest BCUT2D eigenvalue weighted by Crippen LogP contribution is -2.30. The molecule has 7 nitrogen and oxygen atoms in total. The van der Waals surface area contributed by atoms with Crippen LogP contribution in [0.5, 0.6) is 0 Å². The highest BCUT2D eigenvalue weighted by atomic mass is 32.2. The Hall–Kier alpha value is -2.19. The van der Waals surface area contributed by atoms with E-state index >= 15 is 0 Å². The molecule has 0 N–H and O–H groups in total. The first-order valence-electron chi connectivity index (χ1n) is 8.80. The summed E-state index contributed by atoms with van der Waals surface area (Å²) < 4.78 is 28.0. The summed E-state index contributed by atoms with van der Waals surface area (Å²) in [6.07, 6.45) is 5.42. The van der Waals surface area contributed by atoms with Crippen LogP contribution < -0.4 is 4.90 Å². The van der Waals surface area contributed by atoms with Gasteiger partial charge in [0.25, 0.3) is 10.0 Å². The van der Waals surface area contributed by atoms with Crippen molar-refractivity contribution in [2.24, 2.45) is 0 Å². The topological polar surface area (TPSA) is 75.5 Å². The van der Waals surface area contributed by atoms with Gasteiger partial charge in [0.1, 0.15) is 6.54 Å². The molecule has 2 heterocycles. The molecule has 2 aromatic rings. The maximum atomic E-state index is 12.6. The molecule has 0 bridgehead atoms. The van der Waals surface area contributed by atoms with Gasteiger partial charge in [-0.1, -0.05) is 25.1 Å². The molecule has 1 fully saturated rings. The Morgan fingerprint density at radius 2 is 1.92 bits per heavy atom. The molecule has 1 aliphatic heterocycles. The second-order valence-corrected chi connectivity index (χ2v) is 8.32. The molecule has 3 rings (SSSR count). The normalized spacial score (nSPS) is 15.3. The Morgan fingerprint density at radius 3 is 2.62 bits per heavy atom. The molecular formula is C18H24N4O3S. The number of aromatic nitrogens is 2. The highest BCUT2D eigenvalue weighted by Gasteiger charge is 2.29. The lowest BCUT2D eigenvalue weighted by Gasteiger charge is -2.20. The zero-order valence-corrected chi connectivity index (χ0v) is 15.9. The summed E-state index contributed by atoms with van der Waals surface area (Å²) in [7, 11) is -1.83. The number of nitrogens with zero attached hydrogens (tertiary/aromatic N) is 4. The Labute approximate surface area is 154 Å². The Morgan fingerprint density at radius 1 is 1.23 bits per heavy atom. The van der Waals surface area contributed by atoms with Gasteiger partial charge >= 0.3 is 0 Å². The predicted molar refractivity (Wildman–Crippen MR) is 99.4 cm³/mol. The minimum atomic E-state index is -3.56. The maximum absolute atomic E-state index is 12.6. The summed E-state index contributed by atoms with van der Waals surface area (Å²) >= 11 is 0. The summed E-state index contributed by atoms with van der Waals surface area (Å²) in [6.45, 7) is 3.15. The number of likely N-dealkylation sites (N-methyl/N-ethyl adjacent to an activating group) is 1. The zero-order valence-electron chi connectivity index (χ0n) is 15.1. The third-order valence-electron chi connectivity index (χ3n) is 4.70. The van der Waals surface area contributed by atoms with Gasteiger partial charge in [-0.2, -0.15) is 4.31 Å². The fourth-order valence-corrected chi connectivity index (χ4v) is 4.61. The summed E-state index contributed by atoms with van der Waals surface area (Å²) in [4.78, 5) is 18.2. The Bertz CT molecular complexity index is 885. The molecule has 8 heteroatoms. The number of anilines is 1. The van der Waals surface area contributed by atoms with E-state index < -0.39 is 10.0 Å². The van der Waals surface area contributed by atoms with Gasteiger partial charge in [0, 0.05) is 32.0 Å². The minimum absolute atomic E-state index is 0.00353. The number of para-hydroxylation sites is 1. The second kappa shape index (κ2) is 7.59. The molecule has 1 aromatic heterocycles. The average Bonchev–Trinajstić information content (AvgIpc) is 3.33. The number of benzene rings is 1. The van der Waals surface area contributed by atoms with Gasteiger partial charge in [-0.15, -0.1) is 0 Å². The van der Waals surface area contributed by atoms with Gasteiger partial charge < -0.3 is 9.47 Å². The number of aryl methyl sites for hydroxylation is 1. The molecule has 1 aliphatic rings. The number of rotatable bonds is 6. The van der Waals surface area contributed by atoms with Crippen LogP contribution in [0.2, 0.25) is 0 Å². The fraction of sp³-hybridized carbons (Fsp3) is 0.444. The average molecular weight is 376 g/mol. The van der Waals surface area contributed by atoms with Crippen molar-refractivity contribution in [3.63, 3.8) is 0 Å². The van der Waals surface area contributed by atoms with Crippen LogP contribution in [0.15, 0.2) is 41.8 Å². The first-order chi connectivity index (χ1) is 12.4. The second-order valence-electron chi connectivity index (χ2n) is 6.43. The van der Waals surface area contributed by atoms with E-state index in [2.05, 4.69) is 4.98 Å². The number of hydrogen-bond donors (Lipinski definition) is 0. The lowest BCUT2D eigenvalue weighted by atomic mass is 10.1. The highest BCUT2D eigenvalue weighted by Crippen LogP contribution is 2.21. The molecule has 0 unspecified atom stereocenters. The van der Waals surface area contributed by atoms with Gasteiger partial charge in [0.2, 0.25) is 5.91 Å². The number of carbonyl (C=O) groups is 1. The molecule has 1 saturated heterocycles. The van der Waals surface area contributed by atoms with Crippen LogP contribution in [0.3, 0.4) is 0 Å². The van der Waals surface area contributed by atoms with E-state index in [9.17, 15) is 13.2 Å². The van der Waals surface area contributed by atoms with Crippen molar-refractivity contribution in [3.05, 3.63) is 42.4 Å². The van der Waals surface area contributed by atoms with Crippen molar-refractivity contribution >= 4 is 21.6 Å². The summed E-state index contributed by atoms with van der Waals surface area (Å²) in [5.41, 5.74) is 1.95. The molecule has 26 heavy (non-hydrogen) atoms. The summed E-state index contributed by atoms with van der Waals surface area (Å²) in [5.74, 6) is -0.131. The van der Waals surface area contributed by atoms with Crippen LogP contribution in [0, 0.1) is 0 Å². The van der Waals surface area contributed by atoms with Gasteiger partial charge in [-0.25, -0.2) is 13.4 Å². The minimum Gasteiger partial charge on any atom is -0.327 e. The van der Waals surface area contributed by atoms with Gasteiger partial charge in [-0.3, -0.25) is 4.79 Å². The Balaban J connectivity index is 1.73. The monoisotopic (exact) mass is 376 g/mol. The van der Waals surface area contributed by atoms with Crippen molar-refractivity contribution < 1.29 is 13.2 Å². The SMILES string of the molecule is CCc1ccccc1N(C)C(=O)Cn1cnc(S(=O)(=O)N2CCCC2)c1. The van der Waals surface area contributed by atoms with Gasteiger partial charge in [0.05, 0.1) is 6.33 Å². The first-order valence-corrected chi connectivity index (χ1v) is 10.2. The van der Waals surface area contributed by atoms with E-state index in [1.165, 1.54) is 21.4 Å². The molecule has 1 aromatic carbocycles. The van der Waals surface area contributed by atoms with Crippen LogP contribution in [0.4, 0.5) is 5.69 Å². The summed E-state index contributed by atoms with van der Waals surface area (Å²) in [5, 5.41) is 0.00353. The number of hydrogen-bond acceptors (Lipinski definition) is 4. The van der Waals surface area contributed by atoms with E-state index in [1.807, 2.05) is 31.2 Å².